The highest BCUT2D eigenvalue weighted by molar-refractivity contribution is 5.94. The van der Waals surface area contributed by atoms with Gasteiger partial charge in [-0.2, -0.15) is 13.2 Å². The van der Waals surface area contributed by atoms with Gasteiger partial charge in [-0.05, 0) is 24.5 Å². The van der Waals surface area contributed by atoms with Crippen LogP contribution in [0.15, 0.2) is 24.3 Å². The first-order valence-corrected chi connectivity index (χ1v) is 6.82. The van der Waals surface area contributed by atoms with E-state index in [9.17, 15) is 18.0 Å². The Morgan fingerprint density at radius 3 is 2.38 bits per heavy atom. The number of alkyl halides is 3. The summed E-state index contributed by atoms with van der Waals surface area (Å²) in [6.07, 6.45) is -3.55. The van der Waals surface area contributed by atoms with Crippen LogP contribution in [-0.2, 0) is 5.41 Å². The lowest BCUT2D eigenvalue weighted by Crippen LogP contribution is -2.50. The standard InChI is InChI=1S/C14H16F3N3O/c15-14(16,17)19-7-5-13(6-8-19)9-20(12(18)21)11-4-2-1-3-10(11)13/h1-4H,5-9H2,(H2,18,21). The fraction of sp³-hybridized carbons (Fsp3) is 0.500. The Labute approximate surface area is 120 Å². The van der Waals surface area contributed by atoms with Crippen molar-refractivity contribution in [2.24, 2.45) is 5.73 Å². The first kappa shape index (κ1) is 14.2. The molecule has 2 aliphatic heterocycles. The normalized spacial score (nSPS) is 21.6. The van der Waals surface area contributed by atoms with Crippen molar-refractivity contribution < 1.29 is 18.0 Å². The van der Waals surface area contributed by atoms with Crippen molar-refractivity contribution in [3.63, 3.8) is 0 Å². The number of urea groups is 1. The molecule has 0 radical (unpaired) electrons. The number of anilines is 1. The van der Waals surface area contributed by atoms with Crippen LogP contribution in [0.4, 0.5) is 23.7 Å². The van der Waals surface area contributed by atoms with E-state index in [0.717, 1.165) is 11.3 Å². The summed E-state index contributed by atoms with van der Waals surface area (Å²) >= 11 is 0. The molecule has 7 heteroatoms. The topological polar surface area (TPSA) is 49.6 Å². The molecule has 1 aromatic rings. The number of halogens is 3. The molecule has 2 heterocycles. The van der Waals surface area contributed by atoms with Crippen LogP contribution < -0.4 is 10.6 Å². The average Bonchev–Trinajstić information content (AvgIpc) is 2.74. The van der Waals surface area contributed by atoms with Crippen LogP contribution in [0, 0.1) is 0 Å². The van der Waals surface area contributed by atoms with Gasteiger partial charge in [-0.3, -0.25) is 4.90 Å². The molecule has 0 atom stereocenters. The smallest absolute Gasteiger partial charge is 0.351 e. The third-order valence-corrected chi connectivity index (χ3v) is 4.57. The van der Waals surface area contributed by atoms with E-state index in [2.05, 4.69) is 0 Å². The van der Waals surface area contributed by atoms with Gasteiger partial charge in [-0.15, -0.1) is 0 Å². The average molecular weight is 299 g/mol. The number of rotatable bonds is 0. The third kappa shape index (κ3) is 2.25. The second kappa shape index (κ2) is 4.62. The fourth-order valence-corrected chi connectivity index (χ4v) is 3.44. The number of piperidine rings is 1. The molecule has 0 aliphatic carbocycles. The SMILES string of the molecule is NC(=O)N1CC2(CCN(C(F)(F)F)CC2)c2ccccc21. The zero-order valence-electron chi connectivity index (χ0n) is 11.4. The number of carbonyl (C=O) groups is 1. The maximum Gasteiger partial charge on any atom is 0.459 e. The van der Waals surface area contributed by atoms with Crippen molar-refractivity contribution >= 4 is 11.7 Å². The molecule has 0 aromatic heterocycles. The first-order valence-electron chi connectivity index (χ1n) is 6.82. The summed E-state index contributed by atoms with van der Waals surface area (Å²) in [7, 11) is 0. The number of carbonyl (C=O) groups excluding carboxylic acids is 1. The minimum Gasteiger partial charge on any atom is -0.351 e. The maximum absolute atomic E-state index is 12.8. The molecule has 0 unspecified atom stereocenters. The number of likely N-dealkylation sites (tertiary alicyclic amines) is 1. The number of primary amides is 1. The largest absolute Gasteiger partial charge is 0.459 e. The van der Waals surface area contributed by atoms with Crippen molar-refractivity contribution in [2.75, 3.05) is 24.5 Å². The van der Waals surface area contributed by atoms with Gasteiger partial charge in [0.25, 0.3) is 0 Å². The number of nitrogens with two attached hydrogens (primary N) is 1. The van der Waals surface area contributed by atoms with Gasteiger partial charge in [0.05, 0.1) is 0 Å². The van der Waals surface area contributed by atoms with Gasteiger partial charge in [0, 0.05) is 30.7 Å². The lowest BCUT2D eigenvalue weighted by atomic mass is 9.74. The molecule has 2 amide bonds. The highest BCUT2D eigenvalue weighted by atomic mass is 19.4. The van der Waals surface area contributed by atoms with Crippen molar-refractivity contribution in [3.05, 3.63) is 29.8 Å². The summed E-state index contributed by atoms with van der Waals surface area (Å²) in [5.74, 6) is 0. The van der Waals surface area contributed by atoms with Gasteiger partial charge in [-0.25, -0.2) is 9.69 Å². The van der Waals surface area contributed by atoms with Gasteiger partial charge >= 0.3 is 12.3 Å². The van der Waals surface area contributed by atoms with E-state index in [-0.39, 0.29) is 13.1 Å². The second-order valence-corrected chi connectivity index (χ2v) is 5.68. The molecule has 114 valence electrons. The van der Waals surface area contributed by atoms with Gasteiger partial charge in [0.1, 0.15) is 0 Å². The van der Waals surface area contributed by atoms with E-state index in [4.69, 9.17) is 5.73 Å². The highest BCUT2D eigenvalue weighted by Gasteiger charge is 2.49. The molecule has 4 nitrogen and oxygen atoms in total. The third-order valence-electron chi connectivity index (χ3n) is 4.57. The predicted octanol–water partition coefficient (Wildman–Crippen LogP) is 2.44. The van der Waals surface area contributed by atoms with Crippen molar-refractivity contribution in [1.82, 2.24) is 4.90 Å². The summed E-state index contributed by atoms with van der Waals surface area (Å²) in [6, 6.07) is 6.78. The number of amides is 2. The molecule has 2 aliphatic rings. The molecule has 1 fully saturated rings. The molecule has 3 rings (SSSR count). The van der Waals surface area contributed by atoms with E-state index >= 15 is 0 Å². The lowest BCUT2D eigenvalue weighted by Gasteiger charge is -2.40. The number of fused-ring (bicyclic) bond motifs is 2. The summed E-state index contributed by atoms with van der Waals surface area (Å²) in [6.45, 7) is 0.266. The van der Waals surface area contributed by atoms with Crippen LogP contribution in [0.25, 0.3) is 0 Å². The van der Waals surface area contributed by atoms with Crippen LogP contribution >= 0.6 is 0 Å². The van der Waals surface area contributed by atoms with E-state index in [1.165, 1.54) is 4.90 Å². The quantitative estimate of drug-likeness (QED) is 0.748. The lowest BCUT2D eigenvalue weighted by molar-refractivity contribution is -0.252. The van der Waals surface area contributed by atoms with Gasteiger partial charge < -0.3 is 5.73 Å². The zero-order chi connectivity index (χ0) is 15.3. The molecule has 2 N–H and O–H groups in total. The Hall–Kier alpha value is -1.76. The van der Waals surface area contributed by atoms with Crippen molar-refractivity contribution in [2.45, 2.75) is 24.6 Å². The molecule has 0 bridgehead atoms. The summed E-state index contributed by atoms with van der Waals surface area (Å²) in [5.41, 5.74) is 6.65. The number of nitrogens with zero attached hydrogens (tertiary/aromatic N) is 2. The van der Waals surface area contributed by atoms with Crippen molar-refractivity contribution in [1.29, 1.82) is 0 Å². The van der Waals surface area contributed by atoms with E-state index in [1.54, 1.807) is 12.1 Å². The number of hydrogen-bond acceptors (Lipinski definition) is 2. The Morgan fingerprint density at radius 1 is 1.19 bits per heavy atom. The van der Waals surface area contributed by atoms with Crippen LogP contribution in [0.2, 0.25) is 0 Å². The first-order chi connectivity index (χ1) is 9.83. The summed E-state index contributed by atoms with van der Waals surface area (Å²) < 4.78 is 38.3. The van der Waals surface area contributed by atoms with Gasteiger partial charge in [-0.1, -0.05) is 18.2 Å². The Kier molecular flexibility index (Phi) is 3.12. The number of hydrogen-bond donors (Lipinski definition) is 1. The van der Waals surface area contributed by atoms with E-state index in [1.807, 2.05) is 12.1 Å². The molecule has 1 aromatic carbocycles. The number of benzene rings is 1. The summed E-state index contributed by atoms with van der Waals surface area (Å²) in [5, 5.41) is 0. The Balaban J connectivity index is 1.89. The van der Waals surface area contributed by atoms with Gasteiger partial charge in [0.15, 0.2) is 0 Å². The van der Waals surface area contributed by atoms with Gasteiger partial charge in [0.2, 0.25) is 0 Å². The molecule has 0 saturated carbocycles. The Morgan fingerprint density at radius 2 is 1.81 bits per heavy atom. The molecule has 21 heavy (non-hydrogen) atoms. The highest BCUT2D eigenvalue weighted by Crippen LogP contribution is 2.47. The van der Waals surface area contributed by atoms with E-state index < -0.39 is 17.7 Å². The van der Waals surface area contributed by atoms with Crippen LogP contribution in [-0.4, -0.2) is 36.9 Å². The van der Waals surface area contributed by atoms with Crippen LogP contribution in [0.3, 0.4) is 0 Å². The molecule has 1 spiro atoms. The minimum absolute atomic E-state index is 0.0512. The molecular formula is C14H16F3N3O. The predicted molar refractivity (Wildman–Crippen MR) is 71.9 cm³/mol. The van der Waals surface area contributed by atoms with Crippen LogP contribution in [0.1, 0.15) is 18.4 Å². The maximum atomic E-state index is 12.8. The minimum atomic E-state index is -4.29. The van der Waals surface area contributed by atoms with E-state index in [0.29, 0.717) is 24.3 Å². The number of para-hydroxylation sites is 1. The Bertz CT molecular complexity index is 565. The fourth-order valence-electron chi connectivity index (χ4n) is 3.44. The van der Waals surface area contributed by atoms with Crippen molar-refractivity contribution in [3.8, 4) is 0 Å². The zero-order valence-corrected chi connectivity index (χ0v) is 11.4. The molecule has 1 saturated heterocycles. The second-order valence-electron chi connectivity index (χ2n) is 5.68. The summed E-state index contributed by atoms with van der Waals surface area (Å²) in [4.78, 5) is 13.6. The van der Waals surface area contributed by atoms with Crippen LogP contribution in [0.5, 0.6) is 0 Å². The monoisotopic (exact) mass is 299 g/mol. The molecular weight excluding hydrogens is 283 g/mol.